The number of primary amides is 1. The number of nitrogens with zero attached hydrogens (tertiary/aromatic N) is 3. The van der Waals surface area contributed by atoms with E-state index in [2.05, 4.69) is 10.1 Å². The predicted octanol–water partition coefficient (Wildman–Crippen LogP) is -0.288. The Morgan fingerprint density at radius 3 is 2.92 bits per heavy atom. The minimum absolute atomic E-state index is 0.217. The van der Waals surface area contributed by atoms with Crippen molar-refractivity contribution in [3.63, 3.8) is 0 Å². The zero-order valence-electron chi connectivity index (χ0n) is 14.0. The number of rotatable bonds is 3. The topological polar surface area (TPSA) is 100 Å². The Bertz CT molecular complexity index is 1010. The summed E-state index contributed by atoms with van der Waals surface area (Å²) in [5, 5.41) is 5.94. The first-order chi connectivity index (χ1) is 11.9. The summed E-state index contributed by atoms with van der Waals surface area (Å²) < 4.78 is 7.16. The normalized spacial score (nSPS) is 20.5. The number of nitrogens with two attached hydrogens (primary N) is 1. The molecule has 1 unspecified atom stereocenters. The van der Waals surface area contributed by atoms with E-state index >= 15 is 0 Å². The smallest absolute Gasteiger partial charge is 0.316 e. The van der Waals surface area contributed by atoms with Crippen molar-refractivity contribution in [1.29, 1.82) is 0 Å². The lowest BCUT2D eigenvalue weighted by Gasteiger charge is -2.20. The highest BCUT2D eigenvalue weighted by molar-refractivity contribution is 5.96. The van der Waals surface area contributed by atoms with Crippen molar-refractivity contribution in [3.05, 3.63) is 46.4 Å². The fourth-order valence-electron chi connectivity index (χ4n) is 3.67. The second kappa shape index (κ2) is 5.27. The highest BCUT2D eigenvalue weighted by atomic mass is 16.6. The Morgan fingerprint density at radius 1 is 1.44 bits per heavy atom. The summed E-state index contributed by atoms with van der Waals surface area (Å²) in [4.78, 5) is 28.1. The maximum Gasteiger partial charge on any atom is 0.316 e. The van der Waals surface area contributed by atoms with Crippen LogP contribution in [0.15, 0.2) is 24.8 Å². The van der Waals surface area contributed by atoms with Crippen LogP contribution in [0.3, 0.4) is 0 Å². The first-order valence-corrected chi connectivity index (χ1v) is 8.09. The van der Waals surface area contributed by atoms with Gasteiger partial charge in [-0.3, -0.25) is 9.59 Å². The Morgan fingerprint density at radius 2 is 2.24 bits per heavy atom. The van der Waals surface area contributed by atoms with Crippen molar-refractivity contribution in [2.24, 2.45) is 11.1 Å². The van der Waals surface area contributed by atoms with Crippen molar-refractivity contribution < 1.29 is 14.3 Å². The van der Waals surface area contributed by atoms with E-state index in [0.29, 0.717) is 18.5 Å². The number of carbonyl (C=O) groups excluding carboxylic acids is 2. The van der Waals surface area contributed by atoms with E-state index in [-0.39, 0.29) is 12.1 Å². The quantitative estimate of drug-likeness (QED) is 0.775. The minimum Gasteiger partial charge on any atom is -0.457 e. The van der Waals surface area contributed by atoms with Gasteiger partial charge >= 0.3 is 5.97 Å². The van der Waals surface area contributed by atoms with Crippen LogP contribution in [0.4, 0.5) is 0 Å². The molecule has 2 N–H and O–H groups in total. The van der Waals surface area contributed by atoms with E-state index in [9.17, 15) is 9.59 Å². The van der Waals surface area contributed by atoms with Crippen LogP contribution in [0, 0.1) is 5.41 Å². The van der Waals surface area contributed by atoms with E-state index in [1.807, 2.05) is 26.0 Å². The third kappa shape index (κ3) is 2.34. The standard InChI is InChI=1S/C18H18N4O3/c1-18(2)15-12-6-11(7-22-9-20-8-21-22)13(16(19)23)5-10(12)3-4-14(15)25-17(18)24/h3,5-6,8-9,14H,4,7H2,1-2H3,(H2,19,23). The number of ether oxygens (including phenoxy) is 1. The Kier molecular flexibility index (Phi) is 3.28. The maximum absolute atomic E-state index is 12.2. The lowest BCUT2D eigenvalue weighted by molar-refractivity contribution is -0.147. The van der Waals surface area contributed by atoms with Crippen molar-refractivity contribution in [2.45, 2.75) is 32.9 Å². The molecule has 1 atom stereocenters. The van der Waals surface area contributed by atoms with Crippen LogP contribution in [0.1, 0.15) is 36.2 Å². The highest BCUT2D eigenvalue weighted by Gasteiger charge is 2.47. The van der Waals surface area contributed by atoms with E-state index in [0.717, 1.165) is 21.6 Å². The van der Waals surface area contributed by atoms with Gasteiger partial charge in [0, 0.05) is 12.0 Å². The number of benzene rings is 1. The fraction of sp³-hybridized carbons (Fsp3) is 0.333. The Labute approximate surface area is 143 Å². The van der Waals surface area contributed by atoms with Crippen molar-refractivity contribution in [3.8, 4) is 0 Å². The molecular formula is C18H18N4O3. The average molecular weight is 338 g/mol. The van der Waals surface area contributed by atoms with Gasteiger partial charge in [-0.1, -0.05) is 6.08 Å². The van der Waals surface area contributed by atoms with E-state index in [1.54, 1.807) is 17.1 Å². The number of hydrogen-bond acceptors (Lipinski definition) is 5. The molecule has 7 nitrogen and oxygen atoms in total. The third-order valence-electron chi connectivity index (χ3n) is 4.94. The van der Waals surface area contributed by atoms with Gasteiger partial charge in [-0.15, -0.1) is 0 Å². The summed E-state index contributed by atoms with van der Waals surface area (Å²) in [6.07, 6.45) is 5.38. The lowest BCUT2D eigenvalue weighted by Crippen LogP contribution is -2.39. The van der Waals surface area contributed by atoms with Crippen LogP contribution < -0.4 is 16.2 Å². The number of amides is 1. The van der Waals surface area contributed by atoms with Gasteiger partial charge in [0.25, 0.3) is 0 Å². The molecule has 1 amide bonds. The lowest BCUT2D eigenvalue weighted by atomic mass is 9.79. The van der Waals surface area contributed by atoms with Crippen LogP contribution >= 0.6 is 0 Å². The van der Waals surface area contributed by atoms with Crippen LogP contribution in [0.5, 0.6) is 0 Å². The van der Waals surface area contributed by atoms with Gasteiger partial charge in [0.2, 0.25) is 5.91 Å². The maximum atomic E-state index is 12.2. The predicted molar refractivity (Wildman–Crippen MR) is 89.5 cm³/mol. The molecule has 25 heavy (non-hydrogen) atoms. The first kappa shape index (κ1) is 15.6. The van der Waals surface area contributed by atoms with Gasteiger partial charge < -0.3 is 10.5 Å². The van der Waals surface area contributed by atoms with Crippen LogP contribution in [-0.4, -0.2) is 32.7 Å². The summed E-state index contributed by atoms with van der Waals surface area (Å²) in [5.41, 5.74) is 7.05. The van der Waals surface area contributed by atoms with Gasteiger partial charge in [0.15, 0.2) is 0 Å². The molecule has 0 radical (unpaired) electrons. The summed E-state index contributed by atoms with van der Waals surface area (Å²) in [6.45, 7) is 4.12. The Balaban J connectivity index is 1.99. The van der Waals surface area contributed by atoms with E-state index < -0.39 is 11.3 Å². The first-order valence-electron chi connectivity index (χ1n) is 8.09. The second-order valence-corrected chi connectivity index (χ2v) is 6.93. The molecule has 2 aromatic rings. The van der Waals surface area contributed by atoms with E-state index in [4.69, 9.17) is 10.5 Å². The summed E-state index contributed by atoms with van der Waals surface area (Å²) in [6, 6.07) is 3.73. The van der Waals surface area contributed by atoms with Crippen molar-refractivity contribution in [1.82, 2.24) is 14.8 Å². The molecule has 0 bridgehead atoms. The molecule has 4 rings (SSSR count). The zero-order valence-corrected chi connectivity index (χ0v) is 14.0. The van der Waals surface area contributed by atoms with Gasteiger partial charge in [-0.2, -0.15) is 5.10 Å². The number of esters is 1. The highest BCUT2D eigenvalue weighted by Crippen LogP contribution is 2.41. The summed E-state index contributed by atoms with van der Waals surface area (Å²) in [5.74, 6) is -0.706. The molecule has 1 fully saturated rings. The molecule has 1 aliphatic heterocycles. The van der Waals surface area contributed by atoms with Crippen LogP contribution in [-0.2, 0) is 16.1 Å². The molecule has 1 saturated heterocycles. The Hall–Kier alpha value is -2.96. The number of hydrogen-bond donors (Lipinski definition) is 1. The van der Waals surface area contributed by atoms with Crippen LogP contribution in [0.2, 0.25) is 0 Å². The molecule has 128 valence electrons. The zero-order chi connectivity index (χ0) is 17.8. The molecule has 2 aliphatic rings. The number of aromatic nitrogens is 3. The molecule has 1 aliphatic carbocycles. The largest absolute Gasteiger partial charge is 0.457 e. The van der Waals surface area contributed by atoms with E-state index in [1.165, 1.54) is 6.33 Å². The molecule has 1 aromatic heterocycles. The van der Waals surface area contributed by atoms with Gasteiger partial charge in [0.05, 0.1) is 12.0 Å². The van der Waals surface area contributed by atoms with Crippen molar-refractivity contribution >= 4 is 23.5 Å². The number of carbonyl (C=O) groups is 2. The minimum atomic E-state index is -0.688. The fourth-order valence-corrected chi connectivity index (χ4v) is 3.67. The van der Waals surface area contributed by atoms with Gasteiger partial charge in [0.1, 0.15) is 18.8 Å². The van der Waals surface area contributed by atoms with Gasteiger partial charge in [-0.05, 0) is 47.6 Å². The van der Waals surface area contributed by atoms with Crippen molar-refractivity contribution in [2.75, 3.05) is 0 Å². The molecule has 1 aromatic carbocycles. The average Bonchev–Trinajstić information content (AvgIpc) is 3.13. The summed E-state index contributed by atoms with van der Waals surface area (Å²) >= 11 is 0. The third-order valence-corrected chi connectivity index (χ3v) is 4.94. The molecule has 0 saturated carbocycles. The summed E-state index contributed by atoms with van der Waals surface area (Å²) in [7, 11) is 0. The monoisotopic (exact) mass is 338 g/mol. The number of fused-ring (bicyclic) bond motifs is 2. The SMILES string of the molecule is CC1(C)C(=O)OC2CC=c3cc(C(N)=O)c(Cn4cncn4)cc3=C21. The molecule has 7 heteroatoms. The van der Waals surface area contributed by atoms with Crippen LogP contribution in [0.25, 0.3) is 11.6 Å². The molecule has 0 spiro atoms. The molecular weight excluding hydrogens is 320 g/mol. The second-order valence-electron chi connectivity index (χ2n) is 6.93. The van der Waals surface area contributed by atoms with Gasteiger partial charge in [-0.25, -0.2) is 9.67 Å². The molecule has 2 heterocycles.